The van der Waals surface area contributed by atoms with Gasteiger partial charge in [0.25, 0.3) is 11.8 Å². The Labute approximate surface area is 198 Å². The molecule has 0 radical (unpaired) electrons. The van der Waals surface area contributed by atoms with Crippen LogP contribution in [-0.2, 0) is 16.0 Å². The minimum atomic E-state index is -0.411. The lowest BCUT2D eigenvalue weighted by atomic mass is 10.0. The van der Waals surface area contributed by atoms with Gasteiger partial charge in [-0.1, -0.05) is 24.3 Å². The smallest absolute Gasteiger partial charge is 0.278 e. The summed E-state index contributed by atoms with van der Waals surface area (Å²) in [6, 6.07) is 20.6. The van der Waals surface area contributed by atoms with Crippen LogP contribution in [0.2, 0.25) is 0 Å². The summed E-state index contributed by atoms with van der Waals surface area (Å²) in [4.78, 5) is 29.9. The summed E-state index contributed by atoms with van der Waals surface area (Å²) in [5.74, 6) is -0.484. The number of anilines is 2. The summed E-state index contributed by atoms with van der Waals surface area (Å²) >= 11 is 0. The molecule has 6 nitrogen and oxygen atoms in total. The third-order valence-electron chi connectivity index (χ3n) is 5.74. The molecule has 7 heteroatoms. The Balaban J connectivity index is 1.61. The van der Waals surface area contributed by atoms with Crippen molar-refractivity contribution in [2.45, 2.75) is 6.42 Å². The highest BCUT2D eigenvalue weighted by Gasteiger charge is 2.39. The summed E-state index contributed by atoms with van der Waals surface area (Å²) in [5.41, 5.74) is 3.57. The number of rotatable bonds is 8. The fourth-order valence-electron chi connectivity index (χ4n) is 3.80. The highest BCUT2D eigenvalue weighted by Crippen LogP contribution is 2.31. The molecule has 174 valence electrons. The van der Waals surface area contributed by atoms with Crippen molar-refractivity contribution < 1.29 is 18.7 Å². The maximum atomic E-state index is 13.5. The lowest BCUT2D eigenvalue weighted by Crippen LogP contribution is -2.34. The normalized spacial score (nSPS) is 13.5. The van der Waals surface area contributed by atoms with E-state index < -0.39 is 17.6 Å². The van der Waals surface area contributed by atoms with Gasteiger partial charge in [0, 0.05) is 32.0 Å². The molecule has 0 aromatic heterocycles. The quantitative estimate of drug-likeness (QED) is 0.508. The Morgan fingerprint density at radius 2 is 1.53 bits per heavy atom. The second-order valence-electron chi connectivity index (χ2n) is 8.18. The molecule has 1 aliphatic rings. The van der Waals surface area contributed by atoms with Gasteiger partial charge in [-0.25, -0.2) is 4.39 Å². The van der Waals surface area contributed by atoms with Gasteiger partial charge >= 0.3 is 0 Å². The highest BCUT2D eigenvalue weighted by atomic mass is 19.1. The van der Waals surface area contributed by atoms with Gasteiger partial charge in [0.2, 0.25) is 0 Å². The van der Waals surface area contributed by atoms with Crippen molar-refractivity contribution in [1.29, 1.82) is 0 Å². The van der Waals surface area contributed by atoms with Gasteiger partial charge in [-0.05, 0) is 66.1 Å². The molecule has 4 rings (SSSR count). The van der Waals surface area contributed by atoms with E-state index in [-0.39, 0.29) is 17.8 Å². The Bertz CT molecular complexity index is 1220. The van der Waals surface area contributed by atoms with E-state index in [0.29, 0.717) is 17.7 Å². The summed E-state index contributed by atoms with van der Waals surface area (Å²) in [7, 11) is 5.48. The van der Waals surface area contributed by atoms with Crippen molar-refractivity contribution in [2.24, 2.45) is 0 Å². The van der Waals surface area contributed by atoms with Crippen molar-refractivity contribution in [1.82, 2.24) is 4.90 Å². The summed E-state index contributed by atoms with van der Waals surface area (Å²) < 4.78 is 18.7. The Kier molecular flexibility index (Phi) is 6.63. The van der Waals surface area contributed by atoms with Gasteiger partial charge in [0.05, 0.1) is 12.7 Å². The van der Waals surface area contributed by atoms with Crippen LogP contribution in [0.3, 0.4) is 0 Å². The van der Waals surface area contributed by atoms with Crippen LogP contribution in [0.1, 0.15) is 11.1 Å². The first kappa shape index (κ1) is 23.0. The van der Waals surface area contributed by atoms with E-state index >= 15 is 0 Å². The number of hydrogen-bond acceptors (Lipinski definition) is 5. The minimum Gasteiger partial charge on any atom is -0.497 e. The predicted octanol–water partition coefficient (Wildman–Crippen LogP) is 4.34. The Hall–Kier alpha value is -4.13. The fraction of sp³-hybridized carbons (Fsp3) is 0.185. The zero-order valence-electron chi connectivity index (χ0n) is 19.3. The molecular formula is C27H26FN3O3. The largest absolute Gasteiger partial charge is 0.497 e. The number of methoxy groups -OCH3 is 1. The molecule has 1 heterocycles. The molecule has 3 aromatic carbocycles. The van der Waals surface area contributed by atoms with Crippen LogP contribution >= 0.6 is 0 Å². The van der Waals surface area contributed by atoms with Gasteiger partial charge in [-0.2, -0.15) is 0 Å². The second kappa shape index (κ2) is 9.79. The van der Waals surface area contributed by atoms with Crippen molar-refractivity contribution in [3.8, 4) is 5.75 Å². The fourth-order valence-corrected chi connectivity index (χ4v) is 3.80. The average Bonchev–Trinajstić information content (AvgIpc) is 3.07. The highest BCUT2D eigenvalue weighted by molar-refractivity contribution is 6.36. The number of nitrogens with zero attached hydrogens (tertiary/aromatic N) is 2. The van der Waals surface area contributed by atoms with Crippen molar-refractivity contribution >= 4 is 28.8 Å². The van der Waals surface area contributed by atoms with Gasteiger partial charge < -0.3 is 15.0 Å². The molecule has 1 aliphatic heterocycles. The van der Waals surface area contributed by atoms with Crippen LogP contribution < -0.4 is 15.0 Å². The van der Waals surface area contributed by atoms with E-state index in [4.69, 9.17) is 4.74 Å². The van der Waals surface area contributed by atoms with Gasteiger partial charge in [0.1, 0.15) is 17.3 Å². The number of benzene rings is 3. The molecule has 0 unspecified atom stereocenters. The monoisotopic (exact) mass is 459 g/mol. The molecule has 2 amide bonds. The topological polar surface area (TPSA) is 61.9 Å². The molecule has 0 aliphatic carbocycles. The average molecular weight is 460 g/mol. The molecular weight excluding hydrogens is 433 g/mol. The lowest BCUT2D eigenvalue weighted by Gasteiger charge is -2.16. The van der Waals surface area contributed by atoms with Crippen molar-refractivity contribution in [2.75, 3.05) is 38.0 Å². The number of carbonyl (C=O) groups is 2. The number of halogens is 1. The van der Waals surface area contributed by atoms with Gasteiger partial charge in [-0.3, -0.25) is 14.5 Å². The van der Waals surface area contributed by atoms with E-state index in [1.54, 1.807) is 7.11 Å². The molecule has 0 bridgehead atoms. The second-order valence-corrected chi connectivity index (χ2v) is 8.18. The third kappa shape index (κ3) is 4.78. The number of nitrogens with one attached hydrogen (secondary N) is 1. The molecule has 0 saturated heterocycles. The van der Waals surface area contributed by atoms with Gasteiger partial charge in [0.15, 0.2) is 0 Å². The van der Waals surface area contributed by atoms with Crippen LogP contribution in [-0.4, -0.2) is 44.5 Å². The van der Waals surface area contributed by atoms with E-state index in [9.17, 15) is 14.0 Å². The van der Waals surface area contributed by atoms with Crippen molar-refractivity contribution in [3.63, 3.8) is 0 Å². The SMILES string of the molecule is COc1ccc(CCN2C(=O)C(Nc3ccc(N(C)C)cc3)=C(c3ccc(F)cc3)C2=O)cc1. The summed E-state index contributed by atoms with van der Waals surface area (Å²) in [6.45, 7) is 0.222. The Morgan fingerprint density at radius 1 is 0.882 bits per heavy atom. The first-order valence-electron chi connectivity index (χ1n) is 10.9. The van der Waals surface area contributed by atoms with E-state index in [0.717, 1.165) is 17.0 Å². The van der Waals surface area contributed by atoms with Crippen LogP contribution in [0, 0.1) is 5.82 Å². The first-order valence-corrected chi connectivity index (χ1v) is 10.9. The minimum absolute atomic E-state index is 0.184. The molecule has 0 saturated carbocycles. The molecule has 0 atom stereocenters. The van der Waals surface area contributed by atoms with E-state index in [1.165, 1.54) is 29.2 Å². The number of amides is 2. The lowest BCUT2D eigenvalue weighted by molar-refractivity contribution is -0.136. The number of hydrogen-bond donors (Lipinski definition) is 1. The van der Waals surface area contributed by atoms with Gasteiger partial charge in [-0.15, -0.1) is 0 Å². The maximum absolute atomic E-state index is 13.5. The maximum Gasteiger partial charge on any atom is 0.278 e. The van der Waals surface area contributed by atoms with Crippen LogP contribution in [0.5, 0.6) is 5.75 Å². The Morgan fingerprint density at radius 3 is 2.12 bits per heavy atom. The number of imide groups is 1. The summed E-state index contributed by atoms with van der Waals surface area (Å²) in [5, 5.41) is 3.13. The molecule has 34 heavy (non-hydrogen) atoms. The molecule has 0 spiro atoms. The number of ether oxygens (including phenoxy) is 1. The summed E-state index contributed by atoms with van der Waals surface area (Å²) in [6.07, 6.45) is 0.503. The zero-order valence-corrected chi connectivity index (χ0v) is 19.3. The van der Waals surface area contributed by atoms with Crippen LogP contribution in [0.4, 0.5) is 15.8 Å². The van der Waals surface area contributed by atoms with E-state index in [1.807, 2.05) is 67.5 Å². The van der Waals surface area contributed by atoms with Crippen LogP contribution in [0.15, 0.2) is 78.5 Å². The first-order chi connectivity index (χ1) is 16.4. The third-order valence-corrected chi connectivity index (χ3v) is 5.74. The van der Waals surface area contributed by atoms with Crippen LogP contribution in [0.25, 0.3) is 5.57 Å². The van der Waals surface area contributed by atoms with E-state index in [2.05, 4.69) is 5.32 Å². The zero-order chi connectivity index (χ0) is 24.2. The standard InChI is InChI=1S/C27H26FN3O3/c1-30(2)22-12-10-21(11-13-22)29-25-24(19-6-8-20(28)9-7-19)26(32)31(27(25)33)17-16-18-4-14-23(34-3)15-5-18/h4-15,29H,16-17H2,1-3H3. The predicted molar refractivity (Wildman–Crippen MR) is 131 cm³/mol. The molecule has 1 N–H and O–H groups in total. The van der Waals surface area contributed by atoms with Crippen molar-refractivity contribution in [3.05, 3.63) is 95.4 Å². The molecule has 3 aromatic rings. The number of carbonyl (C=O) groups excluding carboxylic acids is 2. The molecule has 0 fully saturated rings.